The Morgan fingerprint density at radius 3 is 2.80 bits per heavy atom. The van der Waals surface area contributed by atoms with Crippen molar-refractivity contribution in [1.29, 1.82) is 0 Å². The van der Waals surface area contributed by atoms with Gasteiger partial charge in [-0.05, 0) is 31.2 Å². The SMILES string of the molecule is CC1CCCC(O)(c2ccccc2Cl)C1. The van der Waals surface area contributed by atoms with E-state index in [2.05, 4.69) is 6.92 Å². The van der Waals surface area contributed by atoms with Crippen LogP contribution < -0.4 is 0 Å². The minimum Gasteiger partial charge on any atom is -0.385 e. The molecule has 2 atom stereocenters. The summed E-state index contributed by atoms with van der Waals surface area (Å²) in [5.74, 6) is 0.583. The maximum atomic E-state index is 10.6. The molecule has 0 saturated heterocycles. The number of hydrogen-bond donors (Lipinski definition) is 1. The van der Waals surface area contributed by atoms with Gasteiger partial charge in [-0.2, -0.15) is 0 Å². The van der Waals surface area contributed by atoms with Crippen LogP contribution in [0.1, 0.15) is 38.2 Å². The molecule has 1 aromatic rings. The lowest BCUT2D eigenvalue weighted by atomic mass is 9.75. The Morgan fingerprint density at radius 1 is 1.40 bits per heavy atom. The Hall–Kier alpha value is -0.530. The van der Waals surface area contributed by atoms with E-state index in [1.807, 2.05) is 24.3 Å². The highest BCUT2D eigenvalue weighted by Gasteiger charge is 2.35. The third-order valence-electron chi connectivity index (χ3n) is 3.35. The Kier molecular flexibility index (Phi) is 3.03. The van der Waals surface area contributed by atoms with Crippen LogP contribution in [0.15, 0.2) is 24.3 Å². The van der Waals surface area contributed by atoms with E-state index in [1.165, 1.54) is 6.42 Å². The van der Waals surface area contributed by atoms with Crippen LogP contribution in [0, 0.1) is 5.92 Å². The first-order chi connectivity index (χ1) is 7.12. The van der Waals surface area contributed by atoms with Crippen molar-refractivity contribution >= 4 is 11.6 Å². The molecule has 0 bridgehead atoms. The predicted octanol–water partition coefficient (Wildman–Crippen LogP) is 3.74. The Labute approximate surface area is 96.1 Å². The first-order valence-electron chi connectivity index (χ1n) is 5.59. The van der Waals surface area contributed by atoms with E-state index >= 15 is 0 Å². The van der Waals surface area contributed by atoms with Crippen LogP contribution in [0.3, 0.4) is 0 Å². The van der Waals surface area contributed by atoms with Gasteiger partial charge < -0.3 is 5.11 Å². The molecule has 0 radical (unpaired) electrons. The van der Waals surface area contributed by atoms with E-state index in [-0.39, 0.29) is 0 Å². The van der Waals surface area contributed by atoms with Crippen molar-refractivity contribution in [2.75, 3.05) is 0 Å². The summed E-state index contributed by atoms with van der Waals surface area (Å²) in [6, 6.07) is 7.65. The summed E-state index contributed by atoms with van der Waals surface area (Å²) in [7, 11) is 0. The predicted molar refractivity (Wildman–Crippen MR) is 63.0 cm³/mol. The fourth-order valence-electron chi connectivity index (χ4n) is 2.61. The molecule has 1 aromatic carbocycles. The fraction of sp³-hybridized carbons (Fsp3) is 0.538. The summed E-state index contributed by atoms with van der Waals surface area (Å²) in [6.07, 6.45) is 3.97. The number of halogens is 1. The molecule has 2 rings (SSSR count). The molecule has 1 fully saturated rings. The molecule has 82 valence electrons. The number of aliphatic hydroxyl groups is 1. The minimum absolute atomic E-state index is 0.583. The maximum Gasteiger partial charge on any atom is 0.0913 e. The largest absolute Gasteiger partial charge is 0.385 e. The van der Waals surface area contributed by atoms with Crippen LogP contribution >= 0.6 is 11.6 Å². The van der Waals surface area contributed by atoms with Crippen molar-refractivity contribution < 1.29 is 5.11 Å². The number of hydrogen-bond acceptors (Lipinski definition) is 1. The van der Waals surface area contributed by atoms with E-state index < -0.39 is 5.60 Å². The molecule has 1 N–H and O–H groups in total. The van der Waals surface area contributed by atoms with Crippen LogP contribution in [-0.2, 0) is 5.60 Å². The first-order valence-corrected chi connectivity index (χ1v) is 5.97. The molecule has 0 spiro atoms. The third-order valence-corrected chi connectivity index (χ3v) is 3.68. The average Bonchev–Trinajstić information content (AvgIpc) is 2.17. The van der Waals surface area contributed by atoms with Crippen molar-refractivity contribution in [3.05, 3.63) is 34.9 Å². The number of rotatable bonds is 1. The zero-order valence-corrected chi connectivity index (χ0v) is 9.80. The van der Waals surface area contributed by atoms with Crippen LogP contribution in [0.25, 0.3) is 0 Å². The summed E-state index contributed by atoms with van der Waals surface area (Å²) < 4.78 is 0. The van der Waals surface area contributed by atoms with Gasteiger partial charge in [-0.1, -0.05) is 43.1 Å². The normalized spacial score (nSPS) is 31.5. The van der Waals surface area contributed by atoms with Crippen LogP contribution in [-0.4, -0.2) is 5.11 Å². The van der Waals surface area contributed by atoms with Crippen LogP contribution in [0.4, 0.5) is 0 Å². The van der Waals surface area contributed by atoms with Crippen molar-refractivity contribution in [2.45, 2.75) is 38.2 Å². The Balaban J connectivity index is 2.32. The average molecular weight is 225 g/mol. The van der Waals surface area contributed by atoms with E-state index in [9.17, 15) is 5.11 Å². The van der Waals surface area contributed by atoms with Gasteiger partial charge in [0.25, 0.3) is 0 Å². The molecule has 2 heteroatoms. The van der Waals surface area contributed by atoms with Crippen LogP contribution in [0.2, 0.25) is 5.02 Å². The fourth-order valence-corrected chi connectivity index (χ4v) is 2.92. The Morgan fingerprint density at radius 2 is 2.13 bits per heavy atom. The van der Waals surface area contributed by atoms with Gasteiger partial charge in [-0.3, -0.25) is 0 Å². The van der Waals surface area contributed by atoms with E-state index in [0.29, 0.717) is 10.9 Å². The third kappa shape index (κ3) is 2.19. The zero-order valence-electron chi connectivity index (χ0n) is 9.04. The highest BCUT2D eigenvalue weighted by Crippen LogP contribution is 2.42. The van der Waals surface area contributed by atoms with Gasteiger partial charge in [0, 0.05) is 10.6 Å². The lowest BCUT2D eigenvalue weighted by molar-refractivity contribution is -0.0177. The monoisotopic (exact) mass is 224 g/mol. The first kappa shape index (κ1) is 11.0. The van der Waals surface area contributed by atoms with Crippen LogP contribution in [0.5, 0.6) is 0 Å². The molecule has 0 amide bonds. The summed E-state index contributed by atoms with van der Waals surface area (Å²) >= 11 is 6.13. The van der Waals surface area contributed by atoms with Gasteiger partial charge in [0.1, 0.15) is 0 Å². The van der Waals surface area contributed by atoms with Gasteiger partial charge in [-0.15, -0.1) is 0 Å². The van der Waals surface area contributed by atoms with Gasteiger partial charge in [0.2, 0.25) is 0 Å². The molecule has 1 aliphatic carbocycles. The minimum atomic E-state index is -0.698. The lowest BCUT2D eigenvalue weighted by Gasteiger charge is -2.36. The standard InChI is InChI=1S/C13H17ClO/c1-10-5-4-8-13(15,9-10)11-6-2-3-7-12(11)14/h2-3,6-7,10,15H,4-5,8-9H2,1H3. The van der Waals surface area contributed by atoms with Crippen molar-refractivity contribution in [2.24, 2.45) is 5.92 Å². The second-order valence-electron chi connectivity index (χ2n) is 4.71. The lowest BCUT2D eigenvalue weighted by Crippen LogP contribution is -2.32. The van der Waals surface area contributed by atoms with Gasteiger partial charge in [0.05, 0.1) is 5.60 Å². The zero-order chi connectivity index (χ0) is 10.9. The summed E-state index contributed by atoms with van der Waals surface area (Å²) in [6.45, 7) is 2.20. The van der Waals surface area contributed by atoms with Crippen molar-refractivity contribution in [3.63, 3.8) is 0 Å². The van der Waals surface area contributed by atoms with Crippen molar-refractivity contribution in [1.82, 2.24) is 0 Å². The molecule has 0 heterocycles. The Bertz CT molecular complexity index is 350. The molecule has 1 nitrogen and oxygen atoms in total. The van der Waals surface area contributed by atoms with E-state index in [1.54, 1.807) is 0 Å². The van der Waals surface area contributed by atoms with Gasteiger partial charge in [0.15, 0.2) is 0 Å². The second-order valence-corrected chi connectivity index (χ2v) is 5.12. The van der Waals surface area contributed by atoms with Crippen molar-refractivity contribution in [3.8, 4) is 0 Å². The molecule has 0 aromatic heterocycles. The van der Waals surface area contributed by atoms with E-state index in [0.717, 1.165) is 24.8 Å². The molecular weight excluding hydrogens is 208 g/mol. The second kappa shape index (κ2) is 4.15. The topological polar surface area (TPSA) is 20.2 Å². The smallest absolute Gasteiger partial charge is 0.0913 e. The molecule has 1 aliphatic rings. The molecular formula is C13H17ClO. The highest BCUT2D eigenvalue weighted by atomic mass is 35.5. The summed E-state index contributed by atoms with van der Waals surface area (Å²) in [4.78, 5) is 0. The molecule has 15 heavy (non-hydrogen) atoms. The highest BCUT2D eigenvalue weighted by molar-refractivity contribution is 6.31. The van der Waals surface area contributed by atoms with Gasteiger partial charge >= 0.3 is 0 Å². The molecule has 1 saturated carbocycles. The molecule has 2 unspecified atom stereocenters. The molecule has 0 aliphatic heterocycles. The van der Waals surface area contributed by atoms with Gasteiger partial charge in [-0.25, -0.2) is 0 Å². The van der Waals surface area contributed by atoms with E-state index in [4.69, 9.17) is 11.6 Å². The summed E-state index contributed by atoms with van der Waals surface area (Å²) in [5, 5.41) is 11.3. The summed E-state index contributed by atoms with van der Waals surface area (Å²) in [5.41, 5.74) is 0.203. The quantitative estimate of drug-likeness (QED) is 0.771. The maximum absolute atomic E-state index is 10.6. The number of benzene rings is 1.